The lowest BCUT2D eigenvalue weighted by molar-refractivity contribution is -0.124. The summed E-state index contributed by atoms with van der Waals surface area (Å²) >= 11 is 0. The highest BCUT2D eigenvalue weighted by atomic mass is 16.2. The summed E-state index contributed by atoms with van der Waals surface area (Å²) in [5.41, 5.74) is 2.35. The van der Waals surface area contributed by atoms with E-state index in [1.54, 1.807) is 29.2 Å². The molecule has 7 heteroatoms. The molecule has 3 amide bonds. The Bertz CT molecular complexity index is 866. The van der Waals surface area contributed by atoms with Crippen LogP contribution in [0.2, 0.25) is 0 Å². The van der Waals surface area contributed by atoms with Crippen LogP contribution in [-0.2, 0) is 14.4 Å². The van der Waals surface area contributed by atoms with Crippen LogP contribution in [0.1, 0.15) is 39.3 Å². The molecule has 0 bridgehead atoms. The number of carbonyl (C=O) groups excluding carboxylic acids is 3. The summed E-state index contributed by atoms with van der Waals surface area (Å²) in [6.45, 7) is 8.31. The van der Waals surface area contributed by atoms with Gasteiger partial charge >= 0.3 is 0 Å². The number of nitrogens with zero attached hydrogens (tertiary/aromatic N) is 1. The molecule has 2 aromatic rings. The first-order valence-electron chi connectivity index (χ1n) is 10.5. The second-order valence-electron chi connectivity index (χ2n) is 7.81. The average molecular weight is 425 g/mol. The Hall–Kier alpha value is -3.19. The van der Waals surface area contributed by atoms with Crippen molar-refractivity contribution < 1.29 is 14.4 Å². The van der Waals surface area contributed by atoms with E-state index < -0.39 is 0 Å². The van der Waals surface area contributed by atoms with Crippen LogP contribution in [0.15, 0.2) is 54.6 Å². The van der Waals surface area contributed by atoms with Crippen molar-refractivity contribution in [2.45, 2.75) is 33.7 Å². The summed E-state index contributed by atoms with van der Waals surface area (Å²) in [6.07, 6.45) is 0. The fourth-order valence-electron chi connectivity index (χ4n) is 3.24. The molecule has 0 fully saturated rings. The monoisotopic (exact) mass is 424 g/mol. The van der Waals surface area contributed by atoms with E-state index in [4.69, 9.17) is 0 Å². The number of carbonyl (C=O) groups is 3. The number of nitrogens with one attached hydrogen (secondary N) is 3. The van der Waals surface area contributed by atoms with Crippen molar-refractivity contribution in [2.24, 2.45) is 5.92 Å². The number of hydrogen-bond acceptors (Lipinski definition) is 4. The van der Waals surface area contributed by atoms with Crippen molar-refractivity contribution in [1.29, 1.82) is 0 Å². The molecule has 0 aliphatic rings. The Morgan fingerprint density at radius 3 is 1.90 bits per heavy atom. The summed E-state index contributed by atoms with van der Waals surface area (Å²) in [6, 6.07) is 16.7. The van der Waals surface area contributed by atoms with Gasteiger partial charge in [0.15, 0.2) is 0 Å². The Labute approximate surface area is 184 Å². The van der Waals surface area contributed by atoms with Gasteiger partial charge in [-0.1, -0.05) is 51.1 Å². The van der Waals surface area contributed by atoms with Crippen LogP contribution < -0.4 is 16.0 Å². The van der Waals surface area contributed by atoms with Crippen molar-refractivity contribution >= 4 is 29.1 Å². The first-order chi connectivity index (χ1) is 14.8. The SMILES string of the molecule is CCN(CC(=O)Nc1ccc(NC(C)=O)cc1)CC(=O)NC(c1ccccc1)C(C)C. The Kier molecular flexibility index (Phi) is 9.21. The molecule has 2 aromatic carbocycles. The van der Waals surface area contributed by atoms with Gasteiger partial charge in [0.1, 0.15) is 0 Å². The molecule has 0 saturated carbocycles. The zero-order valence-electron chi connectivity index (χ0n) is 18.6. The lowest BCUT2D eigenvalue weighted by atomic mass is 9.96. The predicted molar refractivity (Wildman–Crippen MR) is 124 cm³/mol. The van der Waals surface area contributed by atoms with Gasteiger partial charge in [0.2, 0.25) is 17.7 Å². The molecule has 31 heavy (non-hydrogen) atoms. The molecule has 0 heterocycles. The van der Waals surface area contributed by atoms with Crippen LogP contribution in [-0.4, -0.2) is 42.3 Å². The molecule has 1 atom stereocenters. The molecule has 0 radical (unpaired) electrons. The summed E-state index contributed by atoms with van der Waals surface area (Å²) in [4.78, 5) is 37.9. The smallest absolute Gasteiger partial charge is 0.238 e. The summed E-state index contributed by atoms with van der Waals surface area (Å²) in [7, 11) is 0. The van der Waals surface area contributed by atoms with Gasteiger partial charge in [-0.05, 0) is 42.3 Å². The van der Waals surface area contributed by atoms with Gasteiger partial charge in [0, 0.05) is 18.3 Å². The van der Waals surface area contributed by atoms with Gasteiger partial charge in [0.25, 0.3) is 0 Å². The second-order valence-corrected chi connectivity index (χ2v) is 7.81. The fraction of sp³-hybridized carbons (Fsp3) is 0.375. The fourth-order valence-corrected chi connectivity index (χ4v) is 3.24. The molecule has 1 unspecified atom stereocenters. The minimum Gasteiger partial charge on any atom is -0.348 e. The third-order valence-electron chi connectivity index (χ3n) is 4.81. The first kappa shape index (κ1) is 24.1. The maximum absolute atomic E-state index is 12.6. The molecule has 0 saturated heterocycles. The van der Waals surface area contributed by atoms with Crippen molar-refractivity contribution in [1.82, 2.24) is 10.2 Å². The number of hydrogen-bond donors (Lipinski definition) is 3. The minimum absolute atomic E-state index is 0.0802. The largest absolute Gasteiger partial charge is 0.348 e. The van der Waals surface area contributed by atoms with E-state index in [9.17, 15) is 14.4 Å². The number of likely N-dealkylation sites (N-methyl/N-ethyl adjacent to an activating group) is 1. The zero-order valence-corrected chi connectivity index (χ0v) is 18.6. The number of rotatable bonds is 10. The van der Waals surface area contributed by atoms with E-state index in [1.807, 2.05) is 37.3 Å². The lowest BCUT2D eigenvalue weighted by Gasteiger charge is -2.25. The highest BCUT2D eigenvalue weighted by Gasteiger charge is 2.20. The number of amides is 3. The topological polar surface area (TPSA) is 90.5 Å². The molecular formula is C24H32N4O3. The van der Waals surface area contributed by atoms with Crippen LogP contribution >= 0.6 is 0 Å². The van der Waals surface area contributed by atoms with Crippen molar-refractivity contribution in [2.75, 3.05) is 30.3 Å². The standard InChI is InChI=1S/C24H32N4O3/c1-5-28(15-22(30)26-21-13-11-20(12-14-21)25-18(4)29)16-23(31)27-24(17(2)3)19-9-7-6-8-10-19/h6-14,17,24H,5,15-16H2,1-4H3,(H,25,29)(H,26,30)(H,27,31). The zero-order chi connectivity index (χ0) is 22.8. The van der Waals surface area contributed by atoms with Gasteiger partial charge < -0.3 is 16.0 Å². The Balaban J connectivity index is 1.89. The van der Waals surface area contributed by atoms with Crippen LogP contribution in [0.4, 0.5) is 11.4 Å². The third kappa shape index (κ3) is 8.22. The van der Waals surface area contributed by atoms with Crippen molar-refractivity contribution in [3.8, 4) is 0 Å². The number of anilines is 2. The molecule has 2 rings (SSSR count). The molecule has 0 aliphatic carbocycles. The van der Waals surface area contributed by atoms with E-state index >= 15 is 0 Å². The van der Waals surface area contributed by atoms with E-state index in [2.05, 4.69) is 29.8 Å². The Morgan fingerprint density at radius 1 is 0.839 bits per heavy atom. The Morgan fingerprint density at radius 2 is 1.39 bits per heavy atom. The minimum atomic E-state index is -0.203. The summed E-state index contributed by atoms with van der Waals surface area (Å²) < 4.78 is 0. The van der Waals surface area contributed by atoms with Gasteiger partial charge in [-0.2, -0.15) is 0 Å². The molecule has 7 nitrogen and oxygen atoms in total. The normalized spacial score (nSPS) is 11.8. The lowest BCUT2D eigenvalue weighted by Crippen LogP contribution is -2.42. The van der Waals surface area contributed by atoms with E-state index in [0.717, 1.165) is 5.56 Å². The van der Waals surface area contributed by atoms with E-state index in [-0.39, 0.29) is 42.8 Å². The van der Waals surface area contributed by atoms with Crippen molar-refractivity contribution in [3.05, 3.63) is 60.2 Å². The van der Waals surface area contributed by atoms with Crippen LogP contribution in [0.25, 0.3) is 0 Å². The quantitative estimate of drug-likeness (QED) is 0.545. The molecule has 0 spiro atoms. The van der Waals surface area contributed by atoms with E-state index in [0.29, 0.717) is 17.9 Å². The predicted octanol–water partition coefficient (Wildman–Crippen LogP) is 3.42. The van der Waals surface area contributed by atoms with Crippen molar-refractivity contribution in [3.63, 3.8) is 0 Å². The maximum atomic E-state index is 12.6. The maximum Gasteiger partial charge on any atom is 0.238 e. The van der Waals surface area contributed by atoms with Crippen LogP contribution in [0, 0.1) is 5.92 Å². The number of benzene rings is 2. The van der Waals surface area contributed by atoms with Gasteiger partial charge in [-0.3, -0.25) is 19.3 Å². The average Bonchev–Trinajstić information content (AvgIpc) is 2.73. The molecule has 0 aliphatic heterocycles. The molecule has 0 aromatic heterocycles. The highest BCUT2D eigenvalue weighted by Crippen LogP contribution is 2.21. The van der Waals surface area contributed by atoms with E-state index in [1.165, 1.54) is 6.92 Å². The van der Waals surface area contributed by atoms with Gasteiger partial charge in [-0.25, -0.2) is 0 Å². The molecule has 166 valence electrons. The molecule has 3 N–H and O–H groups in total. The summed E-state index contributed by atoms with van der Waals surface area (Å²) in [5.74, 6) is -0.229. The van der Waals surface area contributed by atoms with Crippen LogP contribution in [0.5, 0.6) is 0 Å². The highest BCUT2D eigenvalue weighted by molar-refractivity contribution is 5.93. The second kappa shape index (κ2) is 11.9. The molecular weight excluding hydrogens is 392 g/mol. The first-order valence-corrected chi connectivity index (χ1v) is 10.5. The summed E-state index contributed by atoms with van der Waals surface area (Å²) in [5, 5.41) is 8.59. The third-order valence-corrected chi connectivity index (χ3v) is 4.81. The van der Waals surface area contributed by atoms with Crippen LogP contribution in [0.3, 0.4) is 0 Å². The van der Waals surface area contributed by atoms with Gasteiger partial charge in [0.05, 0.1) is 19.1 Å². The van der Waals surface area contributed by atoms with Gasteiger partial charge in [-0.15, -0.1) is 0 Å².